The van der Waals surface area contributed by atoms with Crippen LogP contribution in [-0.2, 0) is 11.3 Å². The van der Waals surface area contributed by atoms with Gasteiger partial charge in [0.2, 0.25) is 0 Å². The molecule has 5 nitrogen and oxygen atoms in total. The van der Waals surface area contributed by atoms with Crippen molar-refractivity contribution in [3.05, 3.63) is 41.4 Å². The Morgan fingerprint density at radius 2 is 2.08 bits per heavy atom. The van der Waals surface area contributed by atoms with Gasteiger partial charge in [0.05, 0.1) is 12.2 Å². The second kappa shape index (κ2) is 6.26. The van der Waals surface area contributed by atoms with E-state index in [4.69, 9.17) is 0 Å². The number of carbonyl (C=O) groups excluding carboxylic acids is 2. The normalized spacial score (nSPS) is 26.3. The van der Waals surface area contributed by atoms with Crippen molar-refractivity contribution in [2.75, 3.05) is 0 Å². The number of imide groups is 1. The summed E-state index contributed by atoms with van der Waals surface area (Å²) >= 11 is 1.54. The molecule has 4 rings (SSSR count). The zero-order valence-corrected chi connectivity index (χ0v) is 15.0. The van der Waals surface area contributed by atoms with Gasteiger partial charge in [0, 0.05) is 10.9 Å². The predicted octanol–water partition coefficient (Wildman–Crippen LogP) is 3.81. The first kappa shape index (κ1) is 16.3. The van der Waals surface area contributed by atoms with E-state index in [2.05, 4.69) is 17.2 Å². The van der Waals surface area contributed by atoms with Gasteiger partial charge in [-0.2, -0.15) is 0 Å². The van der Waals surface area contributed by atoms with Crippen LogP contribution in [0.15, 0.2) is 35.7 Å². The van der Waals surface area contributed by atoms with Gasteiger partial charge in [0.25, 0.3) is 5.91 Å². The molecule has 3 amide bonds. The Kier molecular flexibility index (Phi) is 4.07. The van der Waals surface area contributed by atoms with Crippen LogP contribution in [0.4, 0.5) is 4.79 Å². The predicted molar refractivity (Wildman–Crippen MR) is 97.0 cm³/mol. The molecule has 2 heterocycles. The molecular weight excluding hydrogens is 334 g/mol. The molecule has 1 aliphatic heterocycles. The minimum atomic E-state index is -0.701. The fraction of sp³-hybridized carbons (Fsp3) is 0.421. The molecule has 0 radical (unpaired) electrons. The highest BCUT2D eigenvalue weighted by atomic mass is 32.1. The maximum Gasteiger partial charge on any atom is 0.325 e. The zero-order valence-electron chi connectivity index (χ0n) is 14.2. The largest absolute Gasteiger partial charge is 0.325 e. The first-order chi connectivity index (χ1) is 12.1. The molecule has 1 aromatic heterocycles. The Balaban J connectivity index is 1.54. The summed E-state index contributed by atoms with van der Waals surface area (Å²) in [5, 5.41) is 5.83. The molecule has 1 aromatic carbocycles. The first-order valence-corrected chi connectivity index (χ1v) is 9.62. The van der Waals surface area contributed by atoms with E-state index in [0.717, 1.165) is 41.9 Å². The number of carbonyl (C=O) groups is 2. The number of urea groups is 1. The van der Waals surface area contributed by atoms with E-state index in [1.807, 2.05) is 35.7 Å². The third-order valence-electron chi connectivity index (χ3n) is 5.39. The Morgan fingerprint density at radius 3 is 2.84 bits per heavy atom. The van der Waals surface area contributed by atoms with E-state index < -0.39 is 5.54 Å². The topological polar surface area (TPSA) is 62.3 Å². The average molecular weight is 355 g/mol. The van der Waals surface area contributed by atoms with Crippen molar-refractivity contribution < 1.29 is 9.59 Å². The molecule has 1 saturated heterocycles. The van der Waals surface area contributed by atoms with Gasteiger partial charge in [-0.05, 0) is 18.8 Å². The lowest BCUT2D eigenvalue weighted by Crippen LogP contribution is -2.53. The summed E-state index contributed by atoms with van der Waals surface area (Å²) in [4.78, 5) is 31.4. The molecule has 2 aliphatic rings. The monoisotopic (exact) mass is 355 g/mol. The van der Waals surface area contributed by atoms with Crippen LogP contribution in [0.1, 0.15) is 38.3 Å². The van der Waals surface area contributed by atoms with Gasteiger partial charge in [0.1, 0.15) is 10.5 Å². The molecule has 6 heteroatoms. The van der Waals surface area contributed by atoms with Gasteiger partial charge < -0.3 is 5.32 Å². The highest BCUT2D eigenvalue weighted by molar-refractivity contribution is 7.13. The number of thiazole rings is 1. The Labute approximate surface area is 151 Å². The second-order valence-electron chi connectivity index (χ2n) is 6.95. The first-order valence-electron chi connectivity index (χ1n) is 8.74. The molecule has 0 bridgehead atoms. The van der Waals surface area contributed by atoms with Gasteiger partial charge in [-0.1, -0.05) is 50.1 Å². The van der Waals surface area contributed by atoms with Crippen molar-refractivity contribution in [2.24, 2.45) is 5.92 Å². The SMILES string of the molecule is CC1CCCCC12NC(=O)N(Cc1csc(-c3ccccc3)n1)C2=O. The fourth-order valence-corrected chi connectivity index (χ4v) is 4.71. The van der Waals surface area contributed by atoms with Crippen molar-refractivity contribution in [2.45, 2.75) is 44.7 Å². The number of nitrogens with one attached hydrogen (secondary N) is 1. The summed E-state index contributed by atoms with van der Waals surface area (Å²) in [5.41, 5.74) is 1.11. The quantitative estimate of drug-likeness (QED) is 0.852. The lowest BCUT2D eigenvalue weighted by Gasteiger charge is -2.36. The molecule has 2 fully saturated rings. The Morgan fingerprint density at radius 1 is 1.28 bits per heavy atom. The summed E-state index contributed by atoms with van der Waals surface area (Å²) in [6, 6.07) is 9.65. The molecule has 130 valence electrons. The lowest BCUT2D eigenvalue weighted by atomic mass is 9.73. The van der Waals surface area contributed by atoms with Crippen LogP contribution in [0.2, 0.25) is 0 Å². The third-order valence-corrected chi connectivity index (χ3v) is 6.33. The smallest absolute Gasteiger partial charge is 0.323 e. The molecule has 1 saturated carbocycles. The van der Waals surface area contributed by atoms with E-state index >= 15 is 0 Å². The van der Waals surface area contributed by atoms with Crippen LogP contribution < -0.4 is 5.32 Å². The minimum absolute atomic E-state index is 0.0843. The number of hydrogen-bond donors (Lipinski definition) is 1. The molecular formula is C19H21N3O2S. The number of aromatic nitrogens is 1. The summed E-state index contributed by atoms with van der Waals surface area (Å²) in [5.74, 6) is 0.0944. The van der Waals surface area contributed by atoms with Gasteiger partial charge in [-0.3, -0.25) is 9.69 Å². The Hall–Kier alpha value is -2.21. The Bertz CT molecular complexity index is 804. The summed E-state index contributed by atoms with van der Waals surface area (Å²) in [6.07, 6.45) is 3.83. The minimum Gasteiger partial charge on any atom is -0.323 e. The lowest BCUT2D eigenvalue weighted by molar-refractivity contribution is -0.134. The number of benzene rings is 1. The van der Waals surface area contributed by atoms with Crippen LogP contribution in [0.3, 0.4) is 0 Å². The van der Waals surface area contributed by atoms with E-state index in [1.54, 1.807) is 0 Å². The van der Waals surface area contributed by atoms with Gasteiger partial charge in [-0.25, -0.2) is 9.78 Å². The van der Waals surface area contributed by atoms with Crippen LogP contribution in [-0.4, -0.2) is 27.4 Å². The van der Waals surface area contributed by atoms with Crippen LogP contribution in [0, 0.1) is 5.92 Å². The molecule has 1 aliphatic carbocycles. The van der Waals surface area contributed by atoms with E-state index in [9.17, 15) is 9.59 Å². The summed E-state index contributed by atoms with van der Waals surface area (Å²) in [7, 11) is 0. The highest BCUT2D eigenvalue weighted by Crippen LogP contribution is 2.38. The second-order valence-corrected chi connectivity index (χ2v) is 7.81. The summed E-state index contributed by atoms with van der Waals surface area (Å²) in [6.45, 7) is 2.31. The number of rotatable bonds is 3. The standard InChI is InChI=1S/C19H21N3O2S/c1-13-7-5-6-10-19(13)17(23)22(18(24)21-19)11-15-12-25-16(20-15)14-8-3-2-4-9-14/h2-4,8-9,12-13H,5-7,10-11H2,1H3,(H,21,24). The summed E-state index contributed by atoms with van der Waals surface area (Å²) < 4.78 is 0. The van der Waals surface area contributed by atoms with Gasteiger partial charge in [-0.15, -0.1) is 11.3 Å². The molecule has 2 atom stereocenters. The van der Waals surface area contributed by atoms with Gasteiger partial charge in [0.15, 0.2) is 0 Å². The van der Waals surface area contributed by atoms with Crippen molar-refractivity contribution >= 4 is 23.3 Å². The molecule has 2 unspecified atom stereocenters. The van der Waals surface area contributed by atoms with E-state index in [0.29, 0.717) is 0 Å². The maximum absolute atomic E-state index is 13.0. The van der Waals surface area contributed by atoms with Crippen LogP contribution >= 0.6 is 11.3 Å². The van der Waals surface area contributed by atoms with Crippen LogP contribution in [0.5, 0.6) is 0 Å². The van der Waals surface area contributed by atoms with E-state index in [-0.39, 0.29) is 24.4 Å². The number of nitrogens with zero attached hydrogens (tertiary/aromatic N) is 2. The highest BCUT2D eigenvalue weighted by Gasteiger charge is 2.54. The van der Waals surface area contributed by atoms with Crippen LogP contribution in [0.25, 0.3) is 10.6 Å². The molecule has 2 aromatic rings. The maximum atomic E-state index is 13.0. The van der Waals surface area contributed by atoms with Crippen molar-refractivity contribution in [1.29, 1.82) is 0 Å². The molecule has 1 spiro atoms. The van der Waals surface area contributed by atoms with Gasteiger partial charge >= 0.3 is 6.03 Å². The van der Waals surface area contributed by atoms with Crippen molar-refractivity contribution in [3.63, 3.8) is 0 Å². The average Bonchev–Trinajstić information content (AvgIpc) is 3.18. The fourth-order valence-electron chi connectivity index (χ4n) is 3.89. The van der Waals surface area contributed by atoms with Crippen molar-refractivity contribution in [3.8, 4) is 10.6 Å². The number of hydrogen-bond acceptors (Lipinski definition) is 4. The molecule has 1 N–H and O–H groups in total. The van der Waals surface area contributed by atoms with Crippen molar-refractivity contribution in [1.82, 2.24) is 15.2 Å². The van der Waals surface area contributed by atoms with E-state index in [1.165, 1.54) is 16.2 Å². The zero-order chi connectivity index (χ0) is 17.4. The third kappa shape index (κ3) is 2.74. The number of amides is 3. The molecule has 25 heavy (non-hydrogen) atoms.